The Balaban J connectivity index is 2.54. The second kappa shape index (κ2) is 6.84. The number of nitrogens with one attached hydrogen (secondary N) is 1. The fraction of sp³-hybridized carbons (Fsp3) is 0.500. The lowest BCUT2D eigenvalue weighted by Gasteiger charge is -2.16. The molecule has 0 bridgehead atoms. The lowest BCUT2D eigenvalue weighted by atomic mass is 10.3. The first kappa shape index (κ1) is 16.6. The van der Waals surface area contributed by atoms with Crippen LogP contribution in [0.5, 0.6) is 0 Å². The molecule has 0 unspecified atom stereocenters. The number of halogens is 4. The standard InChI is InChI=1S/C10H11BrF3N3O3/c1-6(4-20-5-10(12,13)14)16-9-8(11)2-7(3-15-9)17(18)19/h2-3,6H,4-5H2,1H3,(H,15,16)/t6-/m1/s1. The van der Waals surface area contributed by atoms with Crippen molar-refractivity contribution >= 4 is 27.4 Å². The smallest absolute Gasteiger partial charge is 0.370 e. The number of hydrogen-bond donors (Lipinski definition) is 1. The zero-order valence-electron chi connectivity index (χ0n) is 10.3. The van der Waals surface area contributed by atoms with Gasteiger partial charge in [-0.05, 0) is 22.9 Å². The molecule has 20 heavy (non-hydrogen) atoms. The van der Waals surface area contributed by atoms with Gasteiger partial charge in [-0.2, -0.15) is 13.2 Å². The molecular formula is C10H11BrF3N3O3. The van der Waals surface area contributed by atoms with Crippen molar-refractivity contribution in [1.29, 1.82) is 0 Å². The average molecular weight is 358 g/mol. The molecule has 0 spiro atoms. The minimum Gasteiger partial charge on any atom is -0.370 e. The maximum absolute atomic E-state index is 11.9. The number of hydrogen-bond acceptors (Lipinski definition) is 5. The molecule has 1 atom stereocenters. The largest absolute Gasteiger partial charge is 0.411 e. The summed E-state index contributed by atoms with van der Waals surface area (Å²) in [5, 5.41) is 13.3. The highest BCUT2D eigenvalue weighted by Gasteiger charge is 2.27. The number of alkyl halides is 3. The zero-order chi connectivity index (χ0) is 15.3. The lowest BCUT2D eigenvalue weighted by Crippen LogP contribution is -2.26. The van der Waals surface area contributed by atoms with Crippen LogP contribution in [0.2, 0.25) is 0 Å². The van der Waals surface area contributed by atoms with Crippen LogP contribution >= 0.6 is 15.9 Å². The normalized spacial score (nSPS) is 13.1. The minimum atomic E-state index is -4.37. The molecule has 0 aliphatic heterocycles. The molecule has 1 rings (SSSR count). The van der Waals surface area contributed by atoms with Gasteiger partial charge in [-0.3, -0.25) is 10.1 Å². The predicted octanol–water partition coefficient (Wildman–Crippen LogP) is 3.13. The first-order valence-electron chi connectivity index (χ1n) is 5.40. The van der Waals surface area contributed by atoms with Gasteiger partial charge in [-0.15, -0.1) is 0 Å². The van der Waals surface area contributed by atoms with Crippen molar-refractivity contribution in [3.05, 3.63) is 26.9 Å². The number of nitrogens with zero attached hydrogens (tertiary/aromatic N) is 2. The van der Waals surface area contributed by atoms with Crippen molar-refractivity contribution < 1.29 is 22.8 Å². The third-order valence-electron chi connectivity index (χ3n) is 2.05. The van der Waals surface area contributed by atoms with Gasteiger partial charge in [0.15, 0.2) is 0 Å². The lowest BCUT2D eigenvalue weighted by molar-refractivity contribution is -0.385. The number of nitro groups is 1. The second-order valence-corrected chi connectivity index (χ2v) is 4.81. The van der Waals surface area contributed by atoms with Crippen LogP contribution in [0, 0.1) is 10.1 Å². The molecular weight excluding hydrogens is 347 g/mol. The molecule has 0 saturated carbocycles. The van der Waals surface area contributed by atoms with Gasteiger partial charge in [0, 0.05) is 12.1 Å². The van der Waals surface area contributed by atoms with E-state index in [2.05, 4.69) is 31.0 Å². The van der Waals surface area contributed by atoms with Gasteiger partial charge in [-0.25, -0.2) is 4.98 Å². The van der Waals surface area contributed by atoms with Gasteiger partial charge < -0.3 is 10.1 Å². The van der Waals surface area contributed by atoms with E-state index in [-0.39, 0.29) is 12.3 Å². The number of aromatic nitrogens is 1. The van der Waals surface area contributed by atoms with Crippen molar-refractivity contribution in [3.8, 4) is 0 Å². The quantitative estimate of drug-likeness (QED) is 0.625. The topological polar surface area (TPSA) is 77.3 Å². The summed E-state index contributed by atoms with van der Waals surface area (Å²) in [5.41, 5.74) is -0.191. The van der Waals surface area contributed by atoms with E-state index in [0.717, 1.165) is 6.20 Å². The Morgan fingerprint density at radius 2 is 2.25 bits per heavy atom. The molecule has 10 heteroatoms. The summed E-state index contributed by atoms with van der Waals surface area (Å²) in [6.07, 6.45) is -3.32. The van der Waals surface area contributed by atoms with Gasteiger partial charge in [-0.1, -0.05) is 0 Å². The second-order valence-electron chi connectivity index (χ2n) is 3.96. The van der Waals surface area contributed by atoms with E-state index < -0.39 is 23.7 Å². The van der Waals surface area contributed by atoms with Gasteiger partial charge >= 0.3 is 6.18 Å². The summed E-state index contributed by atoms with van der Waals surface area (Å²) in [7, 11) is 0. The zero-order valence-corrected chi connectivity index (χ0v) is 11.9. The molecule has 1 N–H and O–H groups in total. The van der Waals surface area contributed by atoms with Crippen LogP contribution in [0.1, 0.15) is 6.92 Å². The molecule has 1 aromatic heterocycles. The Bertz CT molecular complexity index is 485. The Morgan fingerprint density at radius 3 is 2.75 bits per heavy atom. The van der Waals surface area contributed by atoms with Crippen molar-refractivity contribution in [2.45, 2.75) is 19.1 Å². The third-order valence-corrected chi connectivity index (χ3v) is 2.66. The highest BCUT2D eigenvalue weighted by molar-refractivity contribution is 9.10. The Morgan fingerprint density at radius 1 is 1.60 bits per heavy atom. The van der Waals surface area contributed by atoms with Gasteiger partial charge in [0.05, 0.1) is 16.0 Å². The molecule has 0 radical (unpaired) electrons. The van der Waals surface area contributed by atoms with Crippen molar-refractivity contribution in [2.24, 2.45) is 0 Å². The molecule has 1 heterocycles. The van der Waals surface area contributed by atoms with E-state index in [0.29, 0.717) is 10.3 Å². The molecule has 112 valence electrons. The monoisotopic (exact) mass is 357 g/mol. The maximum Gasteiger partial charge on any atom is 0.411 e. The number of ether oxygens (including phenoxy) is 1. The molecule has 6 nitrogen and oxygen atoms in total. The fourth-order valence-corrected chi connectivity index (χ4v) is 1.71. The Labute approximate surface area is 120 Å². The van der Waals surface area contributed by atoms with E-state index in [1.807, 2.05) is 0 Å². The summed E-state index contributed by atoms with van der Waals surface area (Å²) in [6.45, 7) is 0.102. The maximum atomic E-state index is 11.9. The number of anilines is 1. The summed E-state index contributed by atoms with van der Waals surface area (Å²) < 4.78 is 40.5. The summed E-state index contributed by atoms with van der Waals surface area (Å²) in [5.74, 6) is 0.290. The van der Waals surface area contributed by atoms with Crippen LogP contribution < -0.4 is 5.32 Å². The molecule has 0 aliphatic carbocycles. The minimum absolute atomic E-state index is 0.176. The molecule has 0 fully saturated rings. The molecule has 0 aliphatic rings. The van der Waals surface area contributed by atoms with E-state index >= 15 is 0 Å². The molecule has 0 saturated heterocycles. The summed E-state index contributed by atoms with van der Waals surface area (Å²) >= 11 is 3.09. The summed E-state index contributed by atoms with van der Waals surface area (Å²) in [6, 6.07) is 0.807. The first-order valence-corrected chi connectivity index (χ1v) is 6.19. The molecule has 0 amide bonds. The SMILES string of the molecule is C[C@H](COCC(F)(F)F)Nc1ncc([N+](=O)[O-])cc1Br. The number of pyridine rings is 1. The third kappa shape index (κ3) is 5.70. The molecule has 1 aromatic rings. The Hall–Kier alpha value is -1.42. The van der Waals surface area contributed by atoms with Crippen LogP contribution in [-0.2, 0) is 4.74 Å². The van der Waals surface area contributed by atoms with E-state index in [1.54, 1.807) is 6.92 Å². The first-order chi connectivity index (χ1) is 9.19. The summed E-state index contributed by atoms with van der Waals surface area (Å²) in [4.78, 5) is 13.7. The van der Waals surface area contributed by atoms with Gasteiger partial charge in [0.2, 0.25) is 0 Å². The van der Waals surface area contributed by atoms with Crippen LogP contribution in [0.3, 0.4) is 0 Å². The van der Waals surface area contributed by atoms with Crippen molar-refractivity contribution in [1.82, 2.24) is 4.98 Å². The highest BCUT2D eigenvalue weighted by Crippen LogP contribution is 2.25. The van der Waals surface area contributed by atoms with Crippen LogP contribution in [0.25, 0.3) is 0 Å². The molecule has 0 aromatic carbocycles. The van der Waals surface area contributed by atoms with Crippen LogP contribution in [0.4, 0.5) is 24.7 Å². The van der Waals surface area contributed by atoms with Crippen molar-refractivity contribution in [3.63, 3.8) is 0 Å². The van der Waals surface area contributed by atoms with E-state index in [1.165, 1.54) is 6.07 Å². The Kier molecular flexibility index (Phi) is 5.69. The van der Waals surface area contributed by atoms with E-state index in [4.69, 9.17) is 0 Å². The van der Waals surface area contributed by atoms with Gasteiger partial charge in [0.25, 0.3) is 5.69 Å². The average Bonchev–Trinajstić information content (AvgIpc) is 2.29. The van der Waals surface area contributed by atoms with Crippen LogP contribution in [0.15, 0.2) is 16.7 Å². The number of rotatable bonds is 6. The van der Waals surface area contributed by atoms with Gasteiger partial charge in [0.1, 0.15) is 18.6 Å². The van der Waals surface area contributed by atoms with Crippen LogP contribution in [-0.4, -0.2) is 35.3 Å². The predicted molar refractivity (Wildman–Crippen MR) is 68.6 cm³/mol. The fourth-order valence-electron chi connectivity index (χ4n) is 1.26. The van der Waals surface area contributed by atoms with E-state index in [9.17, 15) is 23.3 Å². The van der Waals surface area contributed by atoms with Crippen molar-refractivity contribution in [2.75, 3.05) is 18.5 Å². The highest BCUT2D eigenvalue weighted by atomic mass is 79.9.